The van der Waals surface area contributed by atoms with Gasteiger partial charge in [-0.05, 0) is 37.0 Å². The van der Waals surface area contributed by atoms with E-state index in [0.29, 0.717) is 29.9 Å². The summed E-state index contributed by atoms with van der Waals surface area (Å²) in [6.45, 7) is 4.12. The Bertz CT molecular complexity index is 482. The molecule has 116 valence electrons. The standard InChI is InChI=1S/C16H22F2N2S/c1-2-13-10-20(5-6-21-13)16-14(17)7-11(8-15(16)18)9-19-12-3-4-12/h7-8,12-13,19H,2-6,9-10H2,1H3. The average molecular weight is 312 g/mol. The van der Waals surface area contributed by atoms with Crippen molar-refractivity contribution in [1.82, 2.24) is 5.32 Å². The monoisotopic (exact) mass is 312 g/mol. The molecule has 1 aromatic rings. The molecule has 0 spiro atoms. The van der Waals surface area contributed by atoms with Gasteiger partial charge in [-0.3, -0.25) is 0 Å². The van der Waals surface area contributed by atoms with Crippen LogP contribution >= 0.6 is 11.8 Å². The van der Waals surface area contributed by atoms with E-state index in [1.807, 2.05) is 16.7 Å². The van der Waals surface area contributed by atoms with Crippen molar-refractivity contribution < 1.29 is 8.78 Å². The zero-order valence-electron chi connectivity index (χ0n) is 12.4. The van der Waals surface area contributed by atoms with Gasteiger partial charge in [-0.2, -0.15) is 11.8 Å². The molecule has 2 nitrogen and oxygen atoms in total. The molecule has 1 aromatic carbocycles. The smallest absolute Gasteiger partial charge is 0.149 e. The highest BCUT2D eigenvalue weighted by Gasteiger charge is 2.25. The number of rotatable bonds is 5. The van der Waals surface area contributed by atoms with Gasteiger partial charge in [0, 0.05) is 36.7 Å². The van der Waals surface area contributed by atoms with Crippen molar-refractivity contribution in [3.63, 3.8) is 0 Å². The Balaban J connectivity index is 1.74. The topological polar surface area (TPSA) is 15.3 Å². The van der Waals surface area contributed by atoms with E-state index in [1.165, 1.54) is 25.0 Å². The molecule has 1 saturated heterocycles. The molecule has 5 heteroatoms. The molecule has 2 fully saturated rings. The van der Waals surface area contributed by atoms with Crippen molar-refractivity contribution in [2.75, 3.05) is 23.7 Å². The summed E-state index contributed by atoms with van der Waals surface area (Å²) in [6.07, 6.45) is 3.38. The van der Waals surface area contributed by atoms with E-state index in [2.05, 4.69) is 12.2 Å². The lowest BCUT2D eigenvalue weighted by Gasteiger charge is -2.34. The molecular weight excluding hydrogens is 290 g/mol. The molecule has 0 radical (unpaired) electrons. The van der Waals surface area contributed by atoms with Gasteiger partial charge in [-0.25, -0.2) is 8.78 Å². The minimum Gasteiger partial charge on any atom is -0.365 e. The first-order valence-electron chi connectivity index (χ1n) is 7.75. The van der Waals surface area contributed by atoms with Crippen molar-refractivity contribution in [2.24, 2.45) is 0 Å². The number of thioether (sulfide) groups is 1. The van der Waals surface area contributed by atoms with Crippen molar-refractivity contribution in [1.29, 1.82) is 0 Å². The van der Waals surface area contributed by atoms with E-state index in [-0.39, 0.29) is 5.69 Å². The van der Waals surface area contributed by atoms with Crippen LogP contribution in [0.25, 0.3) is 0 Å². The number of nitrogens with one attached hydrogen (secondary N) is 1. The summed E-state index contributed by atoms with van der Waals surface area (Å²) in [7, 11) is 0. The van der Waals surface area contributed by atoms with E-state index in [0.717, 1.165) is 18.7 Å². The van der Waals surface area contributed by atoms with Gasteiger partial charge >= 0.3 is 0 Å². The Labute approximate surface area is 129 Å². The van der Waals surface area contributed by atoms with E-state index in [1.54, 1.807) is 0 Å². The molecule has 0 amide bonds. The normalized spacial score (nSPS) is 22.6. The van der Waals surface area contributed by atoms with Crippen LogP contribution in [0.15, 0.2) is 12.1 Å². The lowest BCUT2D eigenvalue weighted by molar-refractivity contribution is 0.561. The van der Waals surface area contributed by atoms with Crippen LogP contribution in [0.5, 0.6) is 0 Å². The summed E-state index contributed by atoms with van der Waals surface area (Å²) in [4.78, 5) is 1.87. The summed E-state index contributed by atoms with van der Waals surface area (Å²) in [5.74, 6) is 0.0799. The number of nitrogens with zero attached hydrogens (tertiary/aromatic N) is 1. The maximum atomic E-state index is 14.4. The number of hydrogen-bond donors (Lipinski definition) is 1. The summed E-state index contributed by atoms with van der Waals surface area (Å²) in [5.41, 5.74) is 0.850. The van der Waals surface area contributed by atoms with Gasteiger partial charge in [0.2, 0.25) is 0 Å². The lowest BCUT2D eigenvalue weighted by atomic mass is 10.1. The van der Waals surface area contributed by atoms with Crippen molar-refractivity contribution >= 4 is 17.4 Å². The van der Waals surface area contributed by atoms with Gasteiger partial charge in [0.05, 0.1) is 0 Å². The van der Waals surface area contributed by atoms with Gasteiger partial charge in [0.1, 0.15) is 17.3 Å². The van der Waals surface area contributed by atoms with E-state index < -0.39 is 11.6 Å². The van der Waals surface area contributed by atoms with Gasteiger partial charge in [0.25, 0.3) is 0 Å². The predicted molar refractivity (Wildman–Crippen MR) is 85.0 cm³/mol. The highest BCUT2D eigenvalue weighted by atomic mass is 32.2. The number of hydrogen-bond acceptors (Lipinski definition) is 3. The molecule has 1 unspecified atom stereocenters. The molecule has 1 aliphatic heterocycles. The fourth-order valence-corrected chi connectivity index (χ4v) is 3.92. The molecule has 1 N–H and O–H groups in total. The van der Waals surface area contributed by atoms with E-state index in [4.69, 9.17) is 0 Å². The van der Waals surface area contributed by atoms with Crippen molar-refractivity contribution in [3.05, 3.63) is 29.3 Å². The molecule has 3 rings (SSSR count). The molecule has 21 heavy (non-hydrogen) atoms. The third-order valence-electron chi connectivity index (χ3n) is 4.16. The van der Waals surface area contributed by atoms with E-state index in [9.17, 15) is 8.78 Å². The van der Waals surface area contributed by atoms with Gasteiger partial charge in [0.15, 0.2) is 0 Å². The minimum atomic E-state index is -0.427. The number of anilines is 1. The van der Waals surface area contributed by atoms with Gasteiger partial charge < -0.3 is 10.2 Å². The minimum absolute atomic E-state index is 0.156. The van der Waals surface area contributed by atoms with E-state index >= 15 is 0 Å². The van der Waals surface area contributed by atoms with Gasteiger partial charge in [-0.15, -0.1) is 0 Å². The highest BCUT2D eigenvalue weighted by Crippen LogP contribution is 2.30. The van der Waals surface area contributed by atoms with Crippen LogP contribution < -0.4 is 10.2 Å². The van der Waals surface area contributed by atoms with Crippen molar-refractivity contribution in [2.45, 2.75) is 44.0 Å². The molecular formula is C16H22F2N2S. The van der Waals surface area contributed by atoms with Crippen LogP contribution in [0.4, 0.5) is 14.5 Å². The van der Waals surface area contributed by atoms with Crippen LogP contribution in [-0.2, 0) is 6.54 Å². The molecule has 1 atom stereocenters. The number of benzene rings is 1. The molecule has 1 saturated carbocycles. The predicted octanol–water partition coefficient (Wildman–Crippen LogP) is 3.55. The average Bonchev–Trinajstić information content (AvgIpc) is 3.29. The number of halogens is 2. The Morgan fingerprint density at radius 3 is 2.62 bits per heavy atom. The summed E-state index contributed by atoms with van der Waals surface area (Å²) >= 11 is 1.90. The summed E-state index contributed by atoms with van der Waals surface area (Å²) < 4.78 is 28.7. The highest BCUT2D eigenvalue weighted by molar-refractivity contribution is 8.00. The maximum absolute atomic E-state index is 14.4. The third kappa shape index (κ3) is 3.69. The molecule has 2 aliphatic rings. The Morgan fingerprint density at radius 1 is 1.29 bits per heavy atom. The fourth-order valence-electron chi connectivity index (χ4n) is 2.74. The van der Waals surface area contributed by atoms with Gasteiger partial charge in [-0.1, -0.05) is 6.92 Å². The maximum Gasteiger partial charge on any atom is 0.149 e. The van der Waals surface area contributed by atoms with Crippen LogP contribution in [0.1, 0.15) is 31.7 Å². The third-order valence-corrected chi connectivity index (χ3v) is 5.53. The van der Waals surface area contributed by atoms with Crippen LogP contribution in [0, 0.1) is 11.6 Å². The molecule has 0 aromatic heterocycles. The summed E-state index contributed by atoms with van der Waals surface area (Å²) in [6, 6.07) is 3.51. The Morgan fingerprint density at radius 2 is 2.00 bits per heavy atom. The zero-order chi connectivity index (χ0) is 14.8. The Hall–Kier alpha value is -0.810. The second kappa shape index (κ2) is 6.53. The first-order valence-corrected chi connectivity index (χ1v) is 8.80. The first kappa shape index (κ1) is 15.1. The summed E-state index contributed by atoms with van der Waals surface area (Å²) in [5, 5.41) is 3.76. The molecule has 1 aliphatic carbocycles. The fraction of sp³-hybridized carbons (Fsp3) is 0.625. The largest absolute Gasteiger partial charge is 0.365 e. The van der Waals surface area contributed by atoms with Crippen molar-refractivity contribution in [3.8, 4) is 0 Å². The SMILES string of the molecule is CCC1CN(c2c(F)cc(CNC3CC3)cc2F)CCS1. The molecule has 0 bridgehead atoms. The second-order valence-electron chi connectivity index (χ2n) is 5.91. The van der Waals surface area contributed by atoms with Crippen LogP contribution in [0.2, 0.25) is 0 Å². The Kier molecular flexibility index (Phi) is 4.69. The first-order chi connectivity index (χ1) is 10.2. The van der Waals surface area contributed by atoms with Crippen LogP contribution in [-0.4, -0.2) is 30.1 Å². The van der Waals surface area contributed by atoms with Crippen LogP contribution in [0.3, 0.4) is 0 Å². The zero-order valence-corrected chi connectivity index (χ0v) is 13.2. The quantitative estimate of drug-likeness (QED) is 0.895. The molecule has 1 heterocycles. The lowest BCUT2D eigenvalue weighted by Crippen LogP contribution is -2.38. The second-order valence-corrected chi connectivity index (χ2v) is 7.32.